The van der Waals surface area contributed by atoms with Crippen molar-refractivity contribution in [2.45, 2.75) is 33.2 Å². The molecule has 0 heterocycles. The Hall–Kier alpha value is -0.770. The van der Waals surface area contributed by atoms with E-state index in [-0.39, 0.29) is 11.3 Å². The third-order valence-corrected chi connectivity index (χ3v) is 3.66. The molecule has 1 atom stereocenters. The van der Waals surface area contributed by atoms with Crippen LogP contribution in [-0.4, -0.2) is 18.5 Å². The second kappa shape index (κ2) is 6.60. The van der Waals surface area contributed by atoms with Gasteiger partial charge >= 0.3 is 0 Å². The summed E-state index contributed by atoms with van der Waals surface area (Å²) in [4.78, 5) is 11.8. The first-order valence-electron chi connectivity index (χ1n) is 6.19. The molecule has 0 aliphatic heterocycles. The summed E-state index contributed by atoms with van der Waals surface area (Å²) in [5, 5.41) is 4.04. The van der Waals surface area contributed by atoms with Gasteiger partial charge in [-0.05, 0) is 29.5 Å². The molecule has 0 saturated carbocycles. The first-order valence-corrected chi connectivity index (χ1v) is 6.95. The molecule has 3 nitrogen and oxygen atoms in total. The Bertz CT molecular complexity index is 435. The zero-order valence-corrected chi connectivity index (χ0v) is 13.0. The van der Waals surface area contributed by atoms with E-state index in [1.165, 1.54) is 0 Å². The predicted octanol–water partition coefficient (Wildman–Crippen LogP) is 3.03. The monoisotopic (exact) mass is 302 g/mol. The highest BCUT2D eigenvalue weighted by molar-refractivity contribution is 6.35. The van der Waals surface area contributed by atoms with Crippen LogP contribution in [0.3, 0.4) is 0 Å². The van der Waals surface area contributed by atoms with E-state index in [0.717, 1.165) is 5.56 Å². The zero-order chi connectivity index (χ0) is 14.6. The van der Waals surface area contributed by atoms with Crippen molar-refractivity contribution in [2.75, 3.05) is 6.54 Å². The van der Waals surface area contributed by atoms with Gasteiger partial charge in [0.15, 0.2) is 0 Å². The minimum Gasteiger partial charge on any atom is -0.354 e. The Labute approximate surface area is 124 Å². The lowest BCUT2D eigenvalue weighted by Gasteiger charge is -2.25. The molecular weight excluding hydrogens is 283 g/mol. The van der Waals surface area contributed by atoms with Gasteiger partial charge in [-0.1, -0.05) is 50.0 Å². The summed E-state index contributed by atoms with van der Waals surface area (Å²) < 4.78 is 0. The van der Waals surface area contributed by atoms with Gasteiger partial charge in [0.25, 0.3) is 0 Å². The number of halogens is 2. The number of carbonyl (C=O) groups is 1. The van der Waals surface area contributed by atoms with Gasteiger partial charge in [-0.15, -0.1) is 0 Å². The second-order valence-corrected chi connectivity index (χ2v) is 6.40. The van der Waals surface area contributed by atoms with E-state index in [1.807, 2.05) is 20.8 Å². The van der Waals surface area contributed by atoms with Crippen LogP contribution in [0.25, 0.3) is 0 Å². The Morgan fingerprint density at radius 3 is 2.32 bits per heavy atom. The number of nitrogens with two attached hydrogens (primary N) is 1. The van der Waals surface area contributed by atoms with Gasteiger partial charge in [-0.25, -0.2) is 0 Å². The van der Waals surface area contributed by atoms with Gasteiger partial charge in [0.05, 0.1) is 6.04 Å². The van der Waals surface area contributed by atoms with Gasteiger partial charge < -0.3 is 11.1 Å². The summed E-state index contributed by atoms with van der Waals surface area (Å²) in [6.45, 7) is 6.26. The number of benzene rings is 1. The third-order valence-electron chi connectivity index (χ3n) is 2.95. The molecule has 1 rings (SSSR count). The van der Waals surface area contributed by atoms with E-state index < -0.39 is 6.04 Å². The zero-order valence-electron chi connectivity index (χ0n) is 11.5. The Kier molecular flexibility index (Phi) is 5.65. The molecule has 1 aromatic rings. The topological polar surface area (TPSA) is 55.1 Å². The molecule has 106 valence electrons. The van der Waals surface area contributed by atoms with Crippen molar-refractivity contribution >= 4 is 29.1 Å². The maximum atomic E-state index is 11.8. The van der Waals surface area contributed by atoms with Crippen LogP contribution in [0, 0.1) is 5.41 Å². The van der Waals surface area contributed by atoms with E-state index in [1.54, 1.807) is 18.2 Å². The third kappa shape index (κ3) is 4.68. The summed E-state index contributed by atoms with van der Waals surface area (Å²) in [6, 6.07) is 4.83. The van der Waals surface area contributed by atoms with Crippen LogP contribution in [-0.2, 0) is 11.2 Å². The smallest absolute Gasteiger partial charge is 0.237 e. The van der Waals surface area contributed by atoms with Crippen molar-refractivity contribution in [1.29, 1.82) is 0 Å². The number of rotatable bonds is 4. The second-order valence-electron chi connectivity index (χ2n) is 5.58. The van der Waals surface area contributed by atoms with Gasteiger partial charge in [-0.3, -0.25) is 4.79 Å². The summed E-state index contributed by atoms with van der Waals surface area (Å²) in [7, 11) is 0. The van der Waals surface area contributed by atoms with E-state index in [2.05, 4.69) is 5.32 Å². The number of amides is 1. The molecule has 0 radical (unpaired) electrons. The van der Waals surface area contributed by atoms with Crippen LogP contribution in [0.2, 0.25) is 10.0 Å². The fraction of sp³-hybridized carbons (Fsp3) is 0.500. The molecule has 0 aliphatic rings. The minimum atomic E-state index is -0.533. The van der Waals surface area contributed by atoms with Crippen molar-refractivity contribution < 1.29 is 4.79 Å². The van der Waals surface area contributed by atoms with Crippen LogP contribution in [0.4, 0.5) is 0 Å². The molecule has 19 heavy (non-hydrogen) atoms. The molecule has 0 unspecified atom stereocenters. The average molecular weight is 303 g/mol. The van der Waals surface area contributed by atoms with Crippen LogP contribution in [0.15, 0.2) is 18.2 Å². The molecule has 0 spiro atoms. The van der Waals surface area contributed by atoms with Gasteiger partial charge in [0.1, 0.15) is 0 Å². The standard InChI is InChI=1S/C14H20Cl2N2O/c1-14(2,3)12(17)13(19)18-8-7-9-10(15)5-4-6-11(9)16/h4-6,12H,7-8,17H2,1-3H3,(H,18,19)/t12-/m1/s1. The SMILES string of the molecule is CC(C)(C)[C@H](N)C(=O)NCCc1c(Cl)cccc1Cl. The van der Waals surface area contributed by atoms with E-state index in [0.29, 0.717) is 23.0 Å². The summed E-state index contributed by atoms with van der Waals surface area (Å²) in [6.07, 6.45) is 0.584. The molecular formula is C14H20Cl2N2O. The molecule has 0 aromatic heterocycles. The molecule has 1 amide bonds. The van der Waals surface area contributed by atoms with E-state index >= 15 is 0 Å². The van der Waals surface area contributed by atoms with Crippen molar-refractivity contribution in [3.8, 4) is 0 Å². The lowest BCUT2D eigenvalue weighted by Crippen LogP contribution is -2.49. The van der Waals surface area contributed by atoms with Crippen LogP contribution in [0.5, 0.6) is 0 Å². The molecule has 3 N–H and O–H groups in total. The molecule has 0 fully saturated rings. The lowest BCUT2D eigenvalue weighted by molar-refractivity contribution is -0.124. The summed E-state index contributed by atoms with van der Waals surface area (Å²) in [5.41, 5.74) is 6.45. The average Bonchev–Trinajstić information content (AvgIpc) is 2.30. The summed E-state index contributed by atoms with van der Waals surface area (Å²) in [5.74, 6) is -0.157. The van der Waals surface area contributed by atoms with Gasteiger partial charge in [0.2, 0.25) is 5.91 Å². The number of hydrogen-bond donors (Lipinski definition) is 2. The largest absolute Gasteiger partial charge is 0.354 e. The van der Waals surface area contributed by atoms with Gasteiger partial charge in [0, 0.05) is 16.6 Å². The van der Waals surface area contributed by atoms with Crippen molar-refractivity contribution in [2.24, 2.45) is 11.1 Å². The fourth-order valence-corrected chi connectivity index (χ4v) is 2.17. The fourth-order valence-electron chi connectivity index (χ4n) is 1.59. The Balaban J connectivity index is 2.54. The number of nitrogens with one attached hydrogen (secondary N) is 1. The normalized spacial score (nSPS) is 13.2. The predicted molar refractivity (Wildman–Crippen MR) is 80.6 cm³/mol. The Morgan fingerprint density at radius 1 is 1.32 bits per heavy atom. The minimum absolute atomic E-state index is 0.157. The quantitative estimate of drug-likeness (QED) is 0.898. The molecule has 0 saturated heterocycles. The maximum absolute atomic E-state index is 11.8. The van der Waals surface area contributed by atoms with E-state index in [4.69, 9.17) is 28.9 Å². The van der Waals surface area contributed by atoms with Crippen LogP contribution < -0.4 is 11.1 Å². The number of carbonyl (C=O) groups excluding carboxylic acids is 1. The molecule has 5 heteroatoms. The highest BCUT2D eigenvalue weighted by Gasteiger charge is 2.27. The molecule has 0 aliphatic carbocycles. The molecule has 1 aromatic carbocycles. The van der Waals surface area contributed by atoms with Crippen LogP contribution in [0.1, 0.15) is 26.3 Å². The highest BCUT2D eigenvalue weighted by atomic mass is 35.5. The van der Waals surface area contributed by atoms with Crippen molar-refractivity contribution in [3.63, 3.8) is 0 Å². The van der Waals surface area contributed by atoms with Crippen molar-refractivity contribution in [1.82, 2.24) is 5.32 Å². The lowest BCUT2D eigenvalue weighted by atomic mass is 9.87. The van der Waals surface area contributed by atoms with E-state index in [9.17, 15) is 4.79 Å². The first kappa shape index (κ1) is 16.3. The summed E-state index contributed by atoms with van der Waals surface area (Å²) >= 11 is 12.1. The van der Waals surface area contributed by atoms with Gasteiger partial charge in [-0.2, -0.15) is 0 Å². The highest BCUT2D eigenvalue weighted by Crippen LogP contribution is 2.24. The Morgan fingerprint density at radius 2 is 1.84 bits per heavy atom. The van der Waals surface area contributed by atoms with Crippen molar-refractivity contribution in [3.05, 3.63) is 33.8 Å². The maximum Gasteiger partial charge on any atom is 0.237 e. The number of hydrogen-bond acceptors (Lipinski definition) is 2. The van der Waals surface area contributed by atoms with Crippen LogP contribution >= 0.6 is 23.2 Å². The first-order chi connectivity index (χ1) is 8.73. The molecule has 0 bridgehead atoms.